The molecule has 0 saturated carbocycles. The highest BCUT2D eigenvalue weighted by molar-refractivity contribution is 7.89. The van der Waals surface area contributed by atoms with Crippen molar-refractivity contribution >= 4 is 32.8 Å². The summed E-state index contributed by atoms with van der Waals surface area (Å²) in [5, 5.41) is 0.901. The van der Waals surface area contributed by atoms with E-state index >= 15 is 0 Å². The molecule has 4 rings (SSSR count). The van der Waals surface area contributed by atoms with Crippen LogP contribution >= 0.6 is 0 Å². The summed E-state index contributed by atoms with van der Waals surface area (Å²) in [6, 6.07) is 18.9. The molecule has 0 radical (unpaired) electrons. The van der Waals surface area contributed by atoms with E-state index in [1.165, 1.54) is 9.21 Å². The van der Waals surface area contributed by atoms with Crippen molar-refractivity contribution < 1.29 is 22.7 Å². The minimum Gasteiger partial charge on any atom is -0.451 e. The molecule has 0 bridgehead atoms. The minimum absolute atomic E-state index is 0.130. The quantitative estimate of drug-likeness (QED) is 0.564. The van der Waals surface area contributed by atoms with Crippen LogP contribution in [0.3, 0.4) is 0 Å². The van der Waals surface area contributed by atoms with Gasteiger partial charge in [-0.2, -0.15) is 4.31 Å². The Kier molecular flexibility index (Phi) is 5.97. The zero-order chi connectivity index (χ0) is 21.8. The summed E-state index contributed by atoms with van der Waals surface area (Å²) >= 11 is 0. The number of ether oxygens (including phenoxy) is 1. The van der Waals surface area contributed by atoms with Gasteiger partial charge in [-0.05, 0) is 24.3 Å². The molecule has 1 fully saturated rings. The number of nitrogens with zero attached hydrogens (tertiary/aromatic N) is 3. The second kappa shape index (κ2) is 8.83. The van der Waals surface area contributed by atoms with Crippen molar-refractivity contribution in [1.29, 1.82) is 0 Å². The molecule has 31 heavy (non-hydrogen) atoms. The Morgan fingerprint density at radius 1 is 0.871 bits per heavy atom. The number of carbonyl (C=O) groups is 2. The molecule has 2 aromatic carbocycles. The van der Waals surface area contributed by atoms with Crippen molar-refractivity contribution in [3.05, 3.63) is 72.4 Å². The van der Waals surface area contributed by atoms with Gasteiger partial charge in [0.25, 0.3) is 5.91 Å². The molecule has 0 N–H and O–H groups in total. The number of fused-ring (bicyclic) bond motifs is 1. The molecule has 0 atom stereocenters. The molecule has 8 nitrogen and oxygen atoms in total. The molecule has 9 heteroatoms. The van der Waals surface area contributed by atoms with Crippen LogP contribution in [0.15, 0.2) is 71.6 Å². The maximum absolute atomic E-state index is 12.7. The molecule has 1 amide bonds. The lowest BCUT2D eigenvalue weighted by molar-refractivity contribution is -0.135. The Bertz CT molecular complexity index is 1210. The van der Waals surface area contributed by atoms with Crippen LogP contribution in [0.5, 0.6) is 0 Å². The summed E-state index contributed by atoms with van der Waals surface area (Å²) in [5.41, 5.74) is 0.796. The third-order valence-corrected chi connectivity index (χ3v) is 7.02. The molecule has 160 valence electrons. The number of amides is 1. The summed E-state index contributed by atoms with van der Waals surface area (Å²) in [6.45, 7) is 0.415. The van der Waals surface area contributed by atoms with Crippen molar-refractivity contribution in [3.8, 4) is 0 Å². The lowest BCUT2D eigenvalue weighted by Crippen LogP contribution is -2.51. The van der Waals surface area contributed by atoms with E-state index in [-0.39, 0.29) is 42.7 Å². The molecule has 1 aromatic heterocycles. The molecule has 1 saturated heterocycles. The van der Waals surface area contributed by atoms with Gasteiger partial charge in [-0.3, -0.25) is 4.79 Å². The fourth-order valence-corrected chi connectivity index (χ4v) is 4.83. The van der Waals surface area contributed by atoms with Crippen LogP contribution in [-0.4, -0.2) is 67.3 Å². The largest absolute Gasteiger partial charge is 0.451 e. The van der Waals surface area contributed by atoms with Gasteiger partial charge in [0.15, 0.2) is 6.61 Å². The number of hydrogen-bond acceptors (Lipinski definition) is 6. The average Bonchev–Trinajstić information content (AvgIpc) is 2.82. The van der Waals surface area contributed by atoms with E-state index in [1.807, 2.05) is 18.2 Å². The smallest absolute Gasteiger partial charge is 0.357 e. The number of hydrogen-bond donors (Lipinski definition) is 0. The maximum Gasteiger partial charge on any atom is 0.357 e. The number of pyridine rings is 1. The van der Waals surface area contributed by atoms with E-state index in [9.17, 15) is 18.0 Å². The first-order valence-corrected chi connectivity index (χ1v) is 11.2. The van der Waals surface area contributed by atoms with Crippen molar-refractivity contribution in [2.45, 2.75) is 4.90 Å². The zero-order valence-electron chi connectivity index (χ0n) is 16.7. The van der Waals surface area contributed by atoms with Gasteiger partial charge < -0.3 is 9.64 Å². The molecular formula is C22H21N3O5S. The fourth-order valence-electron chi connectivity index (χ4n) is 3.39. The van der Waals surface area contributed by atoms with E-state index < -0.39 is 22.6 Å². The highest BCUT2D eigenvalue weighted by Gasteiger charge is 2.30. The highest BCUT2D eigenvalue weighted by atomic mass is 32.2. The second-order valence-electron chi connectivity index (χ2n) is 7.06. The predicted molar refractivity (Wildman–Crippen MR) is 114 cm³/mol. The van der Waals surface area contributed by atoms with Crippen LogP contribution in [0.4, 0.5) is 0 Å². The average molecular weight is 439 g/mol. The Balaban J connectivity index is 1.31. The Hall–Kier alpha value is -3.30. The summed E-state index contributed by atoms with van der Waals surface area (Å²) in [6.07, 6.45) is 0. The third-order valence-electron chi connectivity index (χ3n) is 5.11. The van der Waals surface area contributed by atoms with Crippen molar-refractivity contribution in [1.82, 2.24) is 14.2 Å². The summed E-state index contributed by atoms with van der Waals surface area (Å²) in [5.74, 6) is -1.05. The number of para-hydroxylation sites is 1. The maximum atomic E-state index is 12.7. The van der Waals surface area contributed by atoms with Crippen molar-refractivity contribution in [2.24, 2.45) is 0 Å². The summed E-state index contributed by atoms with van der Waals surface area (Å²) < 4.78 is 31.8. The topological polar surface area (TPSA) is 96.9 Å². The molecule has 0 unspecified atom stereocenters. The van der Waals surface area contributed by atoms with Gasteiger partial charge >= 0.3 is 5.97 Å². The van der Waals surface area contributed by atoms with Gasteiger partial charge in [0, 0.05) is 31.6 Å². The van der Waals surface area contributed by atoms with Gasteiger partial charge in [0.05, 0.1) is 10.4 Å². The van der Waals surface area contributed by atoms with Gasteiger partial charge in [-0.15, -0.1) is 0 Å². The third kappa shape index (κ3) is 4.57. The van der Waals surface area contributed by atoms with Crippen LogP contribution in [0.25, 0.3) is 10.9 Å². The number of benzene rings is 2. The predicted octanol–water partition coefficient (Wildman–Crippen LogP) is 1.92. The van der Waals surface area contributed by atoms with Gasteiger partial charge in [-0.1, -0.05) is 42.5 Å². The SMILES string of the molecule is O=C(OCC(=O)N1CCN(S(=O)(=O)c2ccccc2)CC1)c1ccc2ccccc2n1. The first-order chi connectivity index (χ1) is 14.9. The first kappa shape index (κ1) is 21.0. The summed E-state index contributed by atoms with van der Waals surface area (Å²) in [7, 11) is -3.59. The molecule has 3 aromatic rings. The number of carbonyl (C=O) groups excluding carboxylic acids is 2. The van der Waals surface area contributed by atoms with Crippen molar-refractivity contribution in [2.75, 3.05) is 32.8 Å². The van der Waals surface area contributed by atoms with Gasteiger partial charge in [0.2, 0.25) is 10.0 Å². The van der Waals surface area contributed by atoms with Crippen LogP contribution in [0, 0.1) is 0 Å². The number of piperazine rings is 1. The molecular weight excluding hydrogens is 418 g/mol. The van der Waals surface area contributed by atoms with Gasteiger partial charge in [-0.25, -0.2) is 18.2 Å². The Morgan fingerprint density at radius 3 is 2.29 bits per heavy atom. The molecule has 0 aliphatic carbocycles. The normalized spacial score (nSPS) is 15.0. The monoisotopic (exact) mass is 439 g/mol. The van der Waals surface area contributed by atoms with E-state index in [4.69, 9.17) is 4.74 Å². The summed E-state index contributed by atoms with van der Waals surface area (Å²) in [4.78, 5) is 30.7. The van der Waals surface area contributed by atoms with Crippen LogP contribution < -0.4 is 0 Å². The second-order valence-corrected chi connectivity index (χ2v) is 9.00. The van der Waals surface area contributed by atoms with E-state index in [1.54, 1.807) is 48.5 Å². The molecule has 2 heterocycles. The van der Waals surface area contributed by atoms with E-state index in [2.05, 4.69) is 4.98 Å². The van der Waals surface area contributed by atoms with Gasteiger partial charge in [0.1, 0.15) is 5.69 Å². The number of rotatable bonds is 5. The Morgan fingerprint density at radius 2 is 1.55 bits per heavy atom. The van der Waals surface area contributed by atoms with Crippen molar-refractivity contribution in [3.63, 3.8) is 0 Å². The fraction of sp³-hybridized carbons (Fsp3) is 0.227. The number of esters is 1. The minimum atomic E-state index is -3.59. The van der Waals surface area contributed by atoms with Crippen LogP contribution in [0.2, 0.25) is 0 Å². The molecule has 1 aliphatic heterocycles. The lowest BCUT2D eigenvalue weighted by Gasteiger charge is -2.33. The number of aromatic nitrogens is 1. The zero-order valence-corrected chi connectivity index (χ0v) is 17.5. The molecule has 1 aliphatic rings. The standard InChI is InChI=1S/C22H21N3O5S/c26-21(16-30-22(27)20-11-10-17-6-4-5-9-19(17)23-20)24-12-14-25(15-13-24)31(28,29)18-7-2-1-3-8-18/h1-11H,12-16H2. The lowest BCUT2D eigenvalue weighted by atomic mass is 10.2. The molecule has 0 spiro atoms. The Labute approximate surface area is 180 Å². The van der Waals surface area contributed by atoms with Crippen LogP contribution in [0.1, 0.15) is 10.5 Å². The van der Waals surface area contributed by atoms with E-state index in [0.29, 0.717) is 5.52 Å². The number of sulfonamides is 1. The van der Waals surface area contributed by atoms with E-state index in [0.717, 1.165) is 5.39 Å². The van der Waals surface area contributed by atoms with Crippen LogP contribution in [-0.2, 0) is 19.6 Å². The first-order valence-electron chi connectivity index (χ1n) is 9.81. The highest BCUT2D eigenvalue weighted by Crippen LogP contribution is 2.17.